The highest BCUT2D eigenvalue weighted by molar-refractivity contribution is 5.80. The molecule has 16 heavy (non-hydrogen) atoms. The highest BCUT2D eigenvalue weighted by atomic mass is 19.1. The Hall–Kier alpha value is -1.22. The van der Waals surface area contributed by atoms with E-state index in [-0.39, 0.29) is 11.6 Å². The molecule has 0 fully saturated rings. The molecule has 0 N–H and O–H groups in total. The SMILES string of the molecule is CCCC(=O)CN(C)Cc1ccc(F)cc1. The summed E-state index contributed by atoms with van der Waals surface area (Å²) in [5, 5.41) is 0. The van der Waals surface area contributed by atoms with Crippen LogP contribution in [0.15, 0.2) is 24.3 Å². The molecule has 1 rings (SSSR count). The number of likely N-dealkylation sites (N-methyl/N-ethyl adjacent to an activating group) is 1. The summed E-state index contributed by atoms with van der Waals surface area (Å²) in [4.78, 5) is 13.3. The molecule has 0 aliphatic carbocycles. The maximum absolute atomic E-state index is 12.7. The van der Waals surface area contributed by atoms with Crippen LogP contribution in [0, 0.1) is 5.82 Å². The Bertz CT molecular complexity index is 334. The number of nitrogens with zero attached hydrogens (tertiary/aromatic N) is 1. The molecule has 3 heteroatoms. The van der Waals surface area contributed by atoms with Gasteiger partial charge in [-0.05, 0) is 31.2 Å². The molecule has 0 aliphatic heterocycles. The third kappa shape index (κ3) is 4.53. The molecule has 0 atom stereocenters. The molecule has 1 aromatic carbocycles. The van der Waals surface area contributed by atoms with Gasteiger partial charge < -0.3 is 0 Å². The lowest BCUT2D eigenvalue weighted by Crippen LogP contribution is -2.25. The summed E-state index contributed by atoms with van der Waals surface area (Å²) in [6, 6.07) is 6.38. The molecule has 0 aliphatic rings. The number of halogens is 1. The standard InChI is InChI=1S/C13H18FNO/c1-3-4-13(16)10-15(2)9-11-5-7-12(14)8-6-11/h5-8H,3-4,9-10H2,1-2H3. The number of carbonyl (C=O) groups excluding carboxylic acids is 1. The molecule has 0 heterocycles. The molecule has 0 bridgehead atoms. The molecule has 0 amide bonds. The van der Waals surface area contributed by atoms with Gasteiger partial charge in [-0.2, -0.15) is 0 Å². The van der Waals surface area contributed by atoms with Crippen LogP contribution >= 0.6 is 0 Å². The average molecular weight is 223 g/mol. The van der Waals surface area contributed by atoms with Crippen molar-refractivity contribution < 1.29 is 9.18 Å². The smallest absolute Gasteiger partial charge is 0.146 e. The van der Waals surface area contributed by atoms with Gasteiger partial charge in [-0.3, -0.25) is 9.69 Å². The van der Waals surface area contributed by atoms with E-state index in [1.54, 1.807) is 12.1 Å². The van der Waals surface area contributed by atoms with E-state index in [4.69, 9.17) is 0 Å². The van der Waals surface area contributed by atoms with Crippen molar-refractivity contribution in [3.8, 4) is 0 Å². The van der Waals surface area contributed by atoms with Gasteiger partial charge in [0.25, 0.3) is 0 Å². The summed E-state index contributed by atoms with van der Waals surface area (Å²) >= 11 is 0. The lowest BCUT2D eigenvalue weighted by atomic mass is 10.2. The van der Waals surface area contributed by atoms with Crippen LogP contribution in [0.4, 0.5) is 4.39 Å². The summed E-state index contributed by atoms with van der Waals surface area (Å²) < 4.78 is 12.7. The number of Topliss-reactive ketones (excluding diaryl/α,β-unsaturated/α-hetero) is 1. The van der Waals surface area contributed by atoms with Crippen molar-refractivity contribution >= 4 is 5.78 Å². The van der Waals surface area contributed by atoms with Crippen LogP contribution in [-0.2, 0) is 11.3 Å². The Morgan fingerprint density at radius 3 is 2.50 bits per heavy atom. The summed E-state index contributed by atoms with van der Waals surface area (Å²) in [5.41, 5.74) is 1.02. The van der Waals surface area contributed by atoms with Crippen molar-refractivity contribution in [2.45, 2.75) is 26.3 Å². The normalized spacial score (nSPS) is 10.8. The number of rotatable bonds is 6. The van der Waals surface area contributed by atoms with Crippen molar-refractivity contribution in [2.24, 2.45) is 0 Å². The van der Waals surface area contributed by atoms with E-state index in [1.165, 1.54) is 12.1 Å². The number of ketones is 1. The van der Waals surface area contributed by atoms with Gasteiger partial charge >= 0.3 is 0 Å². The Labute approximate surface area is 96.1 Å². The third-order valence-electron chi connectivity index (χ3n) is 2.34. The summed E-state index contributed by atoms with van der Waals surface area (Å²) in [7, 11) is 1.90. The van der Waals surface area contributed by atoms with Gasteiger partial charge in [-0.1, -0.05) is 19.1 Å². The molecule has 0 saturated carbocycles. The highest BCUT2D eigenvalue weighted by Gasteiger charge is 2.06. The van der Waals surface area contributed by atoms with Crippen molar-refractivity contribution in [3.05, 3.63) is 35.6 Å². The van der Waals surface area contributed by atoms with Crippen LogP contribution in [0.3, 0.4) is 0 Å². The largest absolute Gasteiger partial charge is 0.298 e. The minimum Gasteiger partial charge on any atom is -0.298 e. The molecule has 2 nitrogen and oxygen atoms in total. The molecular weight excluding hydrogens is 205 g/mol. The zero-order valence-corrected chi connectivity index (χ0v) is 9.87. The summed E-state index contributed by atoms with van der Waals surface area (Å²) in [6.45, 7) is 3.14. The zero-order valence-electron chi connectivity index (χ0n) is 9.87. The highest BCUT2D eigenvalue weighted by Crippen LogP contribution is 2.05. The predicted molar refractivity (Wildman–Crippen MR) is 62.6 cm³/mol. The first kappa shape index (κ1) is 12.8. The van der Waals surface area contributed by atoms with Gasteiger partial charge in [-0.25, -0.2) is 4.39 Å². The molecule has 0 saturated heterocycles. The first-order valence-corrected chi connectivity index (χ1v) is 5.56. The summed E-state index contributed by atoms with van der Waals surface area (Å²) in [6.07, 6.45) is 1.52. The quantitative estimate of drug-likeness (QED) is 0.739. The molecule has 1 aromatic rings. The van der Waals surface area contributed by atoms with E-state index >= 15 is 0 Å². The molecule has 0 spiro atoms. The summed E-state index contributed by atoms with van der Waals surface area (Å²) in [5.74, 6) is 0.0283. The first-order chi connectivity index (χ1) is 7.61. The molecule has 0 unspecified atom stereocenters. The van der Waals surface area contributed by atoms with Gasteiger partial charge in [0.05, 0.1) is 6.54 Å². The molecule has 0 aromatic heterocycles. The Morgan fingerprint density at radius 1 is 1.31 bits per heavy atom. The van der Waals surface area contributed by atoms with Crippen LogP contribution in [0.2, 0.25) is 0 Å². The van der Waals surface area contributed by atoms with Crippen molar-refractivity contribution in [1.82, 2.24) is 4.90 Å². The van der Waals surface area contributed by atoms with Crippen LogP contribution in [0.5, 0.6) is 0 Å². The third-order valence-corrected chi connectivity index (χ3v) is 2.34. The van der Waals surface area contributed by atoms with Gasteiger partial charge in [0.1, 0.15) is 11.6 Å². The Balaban J connectivity index is 2.42. The second-order valence-corrected chi connectivity index (χ2v) is 4.09. The van der Waals surface area contributed by atoms with E-state index in [2.05, 4.69) is 0 Å². The van der Waals surface area contributed by atoms with Crippen LogP contribution in [-0.4, -0.2) is 24.3 Å². The van der Waals surface area contributed by atoms with Crippen LogP contribution < -0.4 is 0 Å². The fraction of sp³-hybridized carbons (Fsp3) is 0.462. The Kier molecular flexibility index (Phi) is 5.12. The van der Waals surface area contributed by atoms with Crippen molar-refractivity contribution in [3.63, 3.8) is 0 Å². The minimum absolute atomic E-state index is 0.228. The lowest BCUT2D eigenvalue weighted by Gasteiger charge is -2.15. The maximum atomic E-state index is 12.7. The minimum atomic E-state index is -0.228. The lowest BCUT2D eigenvalue weighted by molar-refractivity contribution is -0.120. The fourth-order valence-electron chi connectivity index (χ4n) is 1.62. The number of benzene rings is 1. The van der Waals surface area contributed by atoms with Crippen molar-refractivity contribution in [2.75, 3.05) is 13.6 Å². The molecule has 88 valence electrons. The van der Waals surface area contributed by atoms with Gasteiger partial charge in [0.2, 0.25) is 0 Å². The van der Waals surface area contributed by atoms with E-state index in [0.29, 0.717) is 19.5 Å². The first-order valence-electron chi connectivity index (χ1n) is 5.56. The topological polar surface area (TPSA) is 20.3 Å². The van der Waals surface area contributed by atoms with E-state index in [1.807, 2.05) is 18.9 Å². The van der Waals surface area contributed by atoms with Crippen LogP contribution in [0.25, 0.3) is 0 Å². The average Bonchev–Trinajstić information content (AvgIpc) is 2.21. The molecular formula is C13H18FNO. The maximum Gasteiger partial charge on any atom is 0.146 e. The van der Waals surface area contributed by atoms with Gasteiger partial charge in [-0.15, -0.1) is 0 Å². The van der Waals surface area contributed by atoms with E-state index in [9.17, 15) is 9.18 Å². The van der Waals surface area contributed by atoms with Gasteiger partial charge in [0, 0.05) is 13.0 Å². The second kappa shape index (κ2) is 6.38. The molecule has 0 radical (unpaired) electrons. The number of hydrogen-bond acceptors (Lipinski definition) is 2. The van der Waals surface area contributed by atoms with Crippen molar-refractivity contribution in [1.29, 1.82) is 0 Å². The number of carbonyl (C=O) groups is 1. The van der Waals surface area contributed by atoms with E-state index in [0.717, 1.165) is 12.0 Å². The van der Waals surface area contributed by atoms with Crippen LogP contribution in [0.1, 0.15) is 25.3 Å². The predicted octanol–water partition coefficient (Wildman–Crippen LogP) is 2.63. The van der Waals surface area contributed by atoms with E-state index < -0.39 is 0 Å². The zero-order chi connectivity index (χ0) is 12.0. The monoisotopic (exact) mass is 223 g/mol. The second-order valence-electron chi connectivity index (χ2n) is 4.09. The number of hydrogen-bond donors (Lipinski definition) is 0. The fourth-order valence-corrected chi connectivity index (χ4v) is 1.62. The Morgan fingerprint density at radius 2 is 1.94 bits per heavy atom. The van der Waals surface area contributed by atoms with Gasteiger partial charge in [0.15, 0.2) is 0 Å².